The van der Waals surface area contributed by atoms with Gasteiger partial charge in [0.1, 0.15) is 0 Å². The summed E-state index contributed by atoms with van der Waals surface area (Å²) in [4.78, 5) is 0. The molecule has 1 saturated carbocycles. The molecule has 2 heteroatoms. The van der Waals surface area contributed by atoms with Crippen LogP contribution in [0, 0.1) is 0 Å². The Labute approximate surface area is 92.8 Å². The van der Waals surface area contributed by atoms with Crippen LogP contribution in [0.4, 0.5) is 0 Å². The van der Waals surface area contributed by atoms with Crippen molar-refractivity contribution in [2.45, 2.75) is 63.5 Å². The molecule has 2 aliphatic carbocycles. The lowest BCUT2D eigenvalue weighted by Crippen LogP contribution is -2.42. The largest absolute Gasteiger partial charge is 0.392 e. The van der Waals surface area contributed by atoms with Crippen molar-refractivity contribution in [2.75, 3.05) is 6.54 Å². The predicted molar refractivity (Wildman–Crippen MR) is 62.8 cm³/mol. The maximum Gasteiger partial charge on any atom is 0.0693 e. The molecule has 0 amide bonds. The molecule has 2 rings (SSSR count). The minimum Gasteiger partial charge on any atom is -0.392 e. The average molecular weight is 209 g/mol. The van der Waals surface area contributed by atoms with Gasteiger partial charge in [0.05, 0.1) is 6.10 Å². The topological polar surface area (TPSA) is 32.3 Å². The third-order valence-electron chi connectivity index (χ3n) is 3.72. The van der Waals surface area contributed by atoms with Crippen molar-refractivity contribution in [3.63, 3.8) is 0 Å². The highest BCUT2D eigenvalue weighted by Crippen LogP contribution is 2.21. The van der Waals surface area contributed by atoms with E-state index in [1.54, 1.807) is 5.57 Å². The summed E-state index contributed by atoms with van der Waals surface area (Å²) in [6.07, 6.45) is 12.0. The average Bonchev–Trinajstić information content (AvgIpc) is 2.74. The summed E-state index contributed by atoms with van der Waals surface area (Å²) in [7, 11) is 0. The number of nitrogens with one attached hydrogen (secondary N) is 1. The van der Waals surface area contributed by atoms with E-state index >= 15 is 0 Å². The highest BCUT2D eigenvalue weighted by Gasteiger charge is 2.21. The Kier molecular flexibility index (Phi) is 4.21. The van der Waals surface area contributed by atoms with E-state index in [0.29, 0.717) is 6.04 Å². The first kappa shape index (κ1) is 11.2. The van der Waals surface area contributed by atoms with Crippen LogP contribution in [0.5, 0.6) is 0 Å². The first-order valence-electron chi connectivity index (χ1n) is 6.45. The molecule has 0 bridgehead atoms. The molecule has 0 aromatic rings. The van der Waals surface area contributed by atoms with Gasteiger partial charge in [0, 0.05) is 6.04 Å². The van der Waals surface area contributed by atoms with E-state index in [9.17, 15) is 5.11 Å². The molecule has 0 spiro atoms. The summed E-state index contributed by atoms with van der Waals surface area (Å²) in [6.45, 7) is 1.05. The van der Waals surface area contributed by atoms with Crippen LogP contribution in [0.15, 0.2) is 11.6 Å². The van der Waals surface area contributed by atoms with E-state index in [0.717, 1.165) is 19.4 Å². The Morgan fingerprint density at radius 1 is 1.27 bits per heavy atom. The minimum absolute atomic E-state index is 0.101. The fraction of sp³-hybridized carbons (Fsp3) is 0.846. The van der Waals surface area contributed by atoms with Crippen LogP contribution in [0.25, 0.3) is 0 Å². The van der Waals surface area contributed by atoms with Gasteiger partial charge >= 0.3 is 0 Å². The molecule has 0 heterocycles. The van der Waals surface area contributed by atoms with Gasteiger partial charge in [0.15, 0.2) is 0 Å². The molecule has 0 aromatic carbocycles. The van der Waals surface area contributed by atoms with Crippen molar-refractivity contribution >= 4 is 0 Å². The SMILES string of the molecule is O[C@@H]1CCCC[C@H]1NCCC1=CCCC1. The summed E-state index contributed by atoms with van der Waals surface area (Å²) in [5, 5.41) is 13.3. The zero-order valence-corrected chi connectivity index (χ0v) is 9.54. The number of aliphatic hydroxyl groups is 1. The second-order valence-corrected chi connectivity index (χ2v) is 4.92. The smallest absolute Gasteiger partial charge is 0.0693 e. The molecule has 2 aliphatic rings. The van der Waals surface area contributed by atoms with Gasteiger partial charge in [-0.2, -0.15) is 0 Å². The van der Waals surface area contributed by atoms with Crippen molar-refractivity contribution in [2.24, 2.45) is 0 Å². The summed E-state index contributed by atoms with van der Waals surface area (Å²) in [6, 6.07) is 0.362. The van der Waals surface area contributed by atoms with E-state index in [-0.39, 0.29) is 6.10 Å². The van der Waals surface area contributed by atoms with Gasteiger partial charge in [-0.05, 0) is 45.1 Å². The lowest BCUT2D eigenvalue weighted by Gasteiger charge is -2.28. The zero-order valence-electron chi connectivity index (χ0n) is 9.54. The van der Waals surface area contributed by atoms with E-state index in [1.807, 2.05) is 0 Å². The van der Waals surface area contributed by atoms with Crippen LogP contribution in [0.3, 0.4) is 0 Å². The minimum atomic E-state index is -0.101. The fourth-order valence-electron chi connectivity index (χ4n) is 2.73. The fourth-order valence-corrected chi connectivity index (χ4v) is 2.73. The zero-order chi connectivity index (χ0) is 10.5. The van der Waals surface area contributed by atoms with E-state index in [2.05, 4.69) is 11.4 Å². The maximum absolute atomic E-state index is 9.78. The second-order valence-electron chi connectivity index (χ2n) is 4.92. The highest BCUT2D eigenvalue weighted by molar-refractivity contribution is 5.07. The van der Waals surface area contributed by atoms with Crippen LogP contribution >= 0.6 is 0 Å². The molecule has 0 unspecified atom stereocenters. The Morgan fingerprint density at radius 2 is 2.13 bits per heavy atom. The Bertz CT molecular complexity index is 225. The summed E-state index contributed by atoms with van der Waals surface area (Å²) < 4.78 is 0. The molecule has 0 aliphatic heterocycles. The lowest BCUT2D eigenvalue weighted by molar-refractivity contribution is 0.0913. The van der Waals surface area contributed by atoms with Crippen molar-refractivity contribution in [3.8, 4) is 0 Å². The first-order chi connectivity index (χ1) is 7.36. The van der Waals surface area contributed by atoms with E-state index in [4.69, 9.17) is 0 Å². The van der Waals surface area contributed by atoms with Crippen molar-refractivity contribution in [1.82, 2.24) is 5.32 Å². The molecule has 86 valence electrons. The van der Waals surface area contributed by atoms with Crippen LogP contribution in [0.2, 0.25) is 0 Å². The number of hydrogen-bond donors (Lipinski definition) is 2. The standard InChI is InChI=1S/C13H23NO/c15-13-8-4-3-7-12(13)14-10-9-11-5-1-2-6-11/h5,12-15H,1-4,6-10H2/t12-,13-/m1/s1. The van der Waals surface area contributed by atoms with Crippen LogP contribution in [-0.2, 0) is 0 Å². The molecule has 1 fully saturated rings. The van der Waals surface area contributed by atoms with E-state index in [1.165, 1.54) is 38.5 Å². The third kappa shape index (κ3) is 3.32. The van der Waals surface area contributed by atoms with Crippen LogP contribution < -0.4 is 5.32 Å². The van der Waals surface area contributed by atoms with E-state index < -0.39 is 0 Å². The van der Waals surface area contributed by atoms with Gasteiger partial charge in [0.2, 0.25) is 0 Å². The maximum atomic E-state index is 9.78. The second kappa shape index (κ2) is 5.66. The normalized spacial score (nSPS) is 31.7. The molecule has 0 aromatic heterocycles. The van der Waals surface area contributed by atoms with Gasteiger partial charge < -0.3 is 10.4 Å². The molecular formula is C13H23NO. The number of allylic oxidation sites excluding steroid dienone is 1. The van der Waals surface area contributed by atoms with Gasteiger partial charge in [-0.25, -0.2) is 0 Å². The van der Waals surface area contributed by atoms with Crippen molar-refractivity contribution in [1.29, 1.82) is 0 Å². The van der Waals surface area contributed by atoms with Crippen LogP contribution in [0.1, 0.15) is 51.4 Å². The Balaban J connectivity index is 1.63. The number of aliphatic hydroxyl groups excluding tert-OH is 1. The highest BCUT2D eigenvalue weighted by atomic mass is 16.3. The predicted octanol–water partition coefficient (Wildman–Crippen LogP) is 2.38. The quantitative estimate of drug-likeness (QED) is 0.697. The number of hydrogen-bond acceptors (Lipinski definition) is 2. The Morgan fingerprint density at radius 3 is 2.87 bits per heavy atom. The molecule has 0 saturated heterocycles. The van der Waals surface area contributed by atoms with Gasteiger partial charge in [0.25, 0.3) is 0 Å². The molecular weight excluding hydrogens is 186 g/mol. The number of rotatable bonds is 4. The third-order valence-corrected chi connectivity index (χ3v) is 3.72. The monoisotopic (exact) mass is 209 g/mol. The van der Waals surface area contributed by atoms with Crippen LogP contribution in [-0.4, -0.2) is 23.8 Å². The van der Waals surface area contributed by atoms with Crippen molar-refractivity contribution in [3.05, 3.63) is 11.6 Å². The van der Waals surface area contributed by atoms with Crippen molar-refractivity contribution < 1.29 is 5.11 Å². The molecule has 0 radical (unpaired) electrons. The molecule has 2 nitrogen and oxygen atoms in total. The van der Waals surface area contributed by atoms with Gasteiger partial charge in [-0.15, -0.1) is 0 Å². The summed E-state index contributed by atoms with van der Waals surface area (Å²) >= 11 is 0. The molecule has 2 N–H and O–H groups in total. The summed E-state index contributed by atoms with van der Waals surface area (Å²) in [5.41, 5.74) is 1.62. The molecule has 2 atom stereocenters. The summed E-state index contributed by atoms with van der Waals surface area (Å²) in [5.74, 6) is 0. The van der Waals surface area contributed by atoms with Gasteiger partial charge in [-0.1, -0.05) is 24.5 Å². The molecule has 15 heavy (non-hydrogen) atoms. The van der Waals surface area contributed by atoms with Gasteiger partial charge in [-0.3, -0.25) is 0 Å². The lowest BCUT2D eigenvalue weighted by atomic mass is 9.92. The Hall–Kier alpha value is -0.340. The first-order valence-corrected chi connectivity index (χ1v) is 6.45.